The maximum Gasteiger partial charge on any atom is 0.338 e. The Balaban J connectivity index is 2.42. The lowest BCUT2D eigenvalue weighted by atomic mass is 9.76. The molecular formula is C18H26O3. The Hall–Kier alpha value is -1.35. The van der Waals surface area contributed by atoms with Gasteiger partial charge in [-0.05, 0) is 43.7 Å². The van der Waals surface area contributed by atoms with Gasteiger partial charge in [-0.15, -0.1) is 0 Å². The Morgan fingerprint density at radius 2 is 2.10 bits per heavy atom. The molecule has 0 aliphatic heterocycles. The fourth-order valence-electron chi connectivity index (χ4n) is 3.47. The number of rotatable bonds is 5. The molecule has 1 N–H and O–H groups in total. The minimum atomic E-state index is -1.40. The van der Waals surface area contributed by atoms with Crippen molar-refractivity contribution in [3.63, 3.8) is 0 Å². The normalized spacial score (nSPS) is 21.0. The van der Waals surface area contributed by atoms with E-state index in [9.17, 15) is 9.90 Å². The highest BCUT2D eigenvalue weighted by Gasteiger charge is 2.45. The van der Waals surface area contributed by atoms with Crippen LogP contribution in [0, 0.1) is 0 Å². The molecule has 0 saturated carbocycles. The molecule has 0 bridgehead atoms. The molecule has 2 atom stereocenters. The Morgan fingerprint density at radius 1 is 1.33 bits per heavy atom. The van der Waals surface area contributed by atoms with Crippen LogP contribution in [0.15, 0.2) is 24.3 Å². The fourth-order valence-corrected chi connectivity index (χ4v) is 3.47. The summed E-state index contributed by atoms with van der Waals surface area (Å²) in [5.41, 5.74) is 0.989. The molecule has 0 aromatic heterocycles. The Labute approximate surface area is 127 Å². The summed E-state index contributed by atoms with van der Waals surface area (Å²) in [6, 6.07) is 8.20. The summed E-state index contributed by atoms with van der Waals surface area (Å²) in [6.45, 7) is 4.08. The van der Waals surface area contributed by atoms with Crippen molar-refractivity contribution in [1.82, 2.24) is 0 Å². The highest BCUT2D eigenvalue weighted by atomic mass is 16.5. The number of esters is 1. The van der Waals surface area contributed by atoms with Crippen molar-refractivity contribution in [2.75, 3.05) is 6.61 Å². The van der Waals surface area contributed by atoms with Crippen LogP contribution in [0.2, 0.25) is 0 Å². The van der Waals surface area contributed by atoms with E-state index in [-0.39, 0.29) is 5.92 Å². The van der Waals surface area contributed by atoms with Crippen molar-refractivity contribution < 1.29 is 14.6 Å². The molecule has 1 aliphatic carbocycles. The molecule has 0 heterocycles. The fraction of sp³-hybridized carbons (Fsp3) is 0.611. The summed E-state index contributed by atoms with van der Waals surface area (Å²) in [4.78, 5) is 12.4. The van der Waals surface area contributed by atoms with Gasteiger partial charge >= 0.3 is 5.97 Å². The number of hydrogen-bond acceptors (Lipinski definition) is 3. The van der Waals surface area contributed by atoms with E-state index in [1.807, 2.05) is 19.1 Å². The molecule has 0 saturated heterocycles. The van der Waals surface area contributed by atoms with Crippen molar-refractivity contribution in [2.24, 2.45) is 0 Å². The monoisotopic (exact) mass is 290 g/mol. The van der Waals surface area contributed by atoms with E-state index in [2.05, 4.69) is 12.1 Å². The zero-order chi connectivity index (χ0) is 15.3. The van der Waals surface area contributed by atoms with Gasteiger partial charge in [0.05, 0.1) is 6.61 Å². The van der Waals surface area contributed by atoms with E-state index in [4.69, 9.17) is 4.74 Å². The molecule has 1 aliphatic rings. The molecule has 2 rings (SSSR count). The number of aliphatic hydroxyl groups is 1. The minimum absolute atomic E-state index is 0.157. The Kier molecular flexibility index (Phi) is 5.40. The van der Waals surface area contributed by atoms with Gasteiger partial charge in [-0.3, -0.25) is 0 Å². The molecular weight excluding hydrogens is 264 g/mol. The third-order valence-electron chi connectivity index (χ3n) is 4.46. The van der Waals surface area contributed by atoms with E-state index in [1.165, 1.54) is 5.56 Å². The maximum atomic E-state index is 12.4. The Morgan fingerprint density at radius 3 is 2.81 bits per heavy atom. The number of carbonyl (C=O) groups excluding carboxylic acids is 1. The first kappa shape index (κ1) is 16.0. The molecule has 21 heavy (non-hydrogen) atoms. The molecule has 3 heteroatoms. The van der Waals surface area contributed by atoms with Crippen LogP contribution in [-0.2, 0) is 16.0 Å². The second kappa shape index (κ2) is 7.08. The molecule has 0 amide bonds. The average molecular weight is 290 g/mol. The van der Waals surface area contributed by atoms with Gasteiger partial charge in [0, 0.05) is 5.92 Å². The van der Waals surface area contributed by atoms with Crippen LogP contribution in [0.3, 0.4) is 0 Å². The molecule has 0 fully saturated rings. The largest absolute Gasteiger partial charge is 0.464 e. The SMILES string of the molecule is CCCC(O)(C(=O)OCC)C1CCCCc2ccccc21. The van der Waals surface area contributed by atoms with Gasteiger partial charge in [-0.2, -0.15) is 0 Å². The highest BCUT2D eigenvalue weighted by molar-refractivity contribution is 5.81. The van der Waals surface area contributed by atoms with E-state index >= 15 is 0 Å². The number of aryl methyl sites for hydroxylation is 1. The van der Waals surface area contributed by atoms with Gasteiger partial charge < -0.3 is 9.84 Å². The van der Waals surface area contributed by atoms with Gasteiger partial charge in [-0.25, -0.2) is 4.79 Å². The highest BCUT2D eigenvalue weighted by Crippen LogP contribution is 2.41. The van der Waals surface area contributed by atoms with E-state index < -0.39 is 11.6 Å². The summed E-state index contributed by atoms with van der Waals surface area (Å²) in [5.74, 6) is -0.622. The predicted molar refractivity (Wildman–Crippen MR) is 83.2 cm³/mol. The van der Waals surface area contributed by atoms with Crippen molar-refractivity contribution in [3.8, 4) is 0 Å². The number of hydrogen-bond donors (Lipinski definition) is 1. The standard InChI is InChI=1S/C18H26O3/c1-3-13-18(20,17(19)21-4-2)16-12-8-6-10-14-9-5-7-11-15(14)16/h5,7,9,11,16,20H,3-4,6,8,10,12-13H2,1-2H3. The van der Waals surface area contributed by atoms with Crippen molar-refractivity contribution in [3.05, 3.63) is 35.4 Å². The molecule has 3 nitrogen and oxygen atoms in total. The zero-order valence-electron chi connectivity index (χ0n) is 13.1. The van der Waals surface area contributed by atoms with Crippen LogP contribution in [0.1, 0.15) is 63.0 Å². The smallest absolute Gasteiger partial charge is 0.338 e. The number of fused-ring (bicyclic) bond motifs is 1. The van der Waals surface area contributed by atoms with Gasteiger partial charge in [0.15, 0.2) is 5.60 Å². The van der Waals surface area contributed by atoms with E-state index in [1.54, 1.807) is 6.92 Å². The first-order valence-electron chi connectivity index (χ1n) is 8.10. The molecule has 2 unspecified atom stereocenters. The van der Waals surface area contributed by atoms with Crippen molar-refractivity contribution in [1.29, 1.82) is 0 Å². The number of benzene rings is 1. The van der Waals surface area contributed by atoms with Crippen LogP contribution in [0.5, 0.6) is 0 Å². The zero-order valence-corrected chi connectivity index (χ0v) is 13.1. The summed E-state index contributed by atoms with van der Waals surface area (Å²) in [5, 5.41) is 11.1. The molecule has 116 valence electrons. The van der Waals surface area contributed by atoms with Gasteiger partial charge in [-0.1, -0.05) is 44.0 Å². The Bertz CT molecular complexity index is 483. The number of ether oxygens (including phenoxy) is 1. The average Bonchev–Trinajstić information content (AvgIpc) is 2.70. The summed E-state index contributed by atoms with van der Waals surface area (Å²) in [6.07, 6.45) is 5.21. The summed E-state index contributed by atoms with van der Waals surface area (Å²) >= 11 is 0. The molecule has 0 radical (unpaired) electrons. The lowest BCUT2D eigenvalue weighted by Gasteiger charge is -2.34. The van der Waals surface area contributed by atoms with Gasteiger partial charge in [0.1, 0.15) is 0 Å². The first-order chi connectivity index (χ1) is 10.1. The topological polar surface area (TPSA) is 46.5 Å². The van der Waals surface area contributed by atoms with E-state index in [0.29, 0.717) is 13.0 Å². The van der Waals surface area contributed by atoms with Crippen LogP contribution >= 0.6 is 0 Å². The minimum Gasteiger partial charge on any atom is -0.464 e. The van der Waals surface area contributed by atoms with Crippen LogP contribution in [0.4, 0.5) is 0 Å². The lowest BCUT2D eigenvalue weighted by molar-refractivity contribution is -0.169. The van der Waals surface area contributed by atoms with Crippen LogP contribution in [0.25, 0.3) is 0 Å². The summed E-state index contributed by atoms with van der Waals surface area (Å²) in [7, 11) is 0. The third-order valence-corrected chi connectivity index (χ3v) is 4.46. The number of carbonyl (C=O) groups is 1. The molecule has 1 aromatic carbocycles. The van der Waals surface area contributed by atoms with Crippen molar-refractivity contribution in [2.45, 2.75) is 63.9 Å². The molecule has 0 spiro atoms. The quantitative estimate of drug-likeness (QED) is 0.666. The lowest BCUT2D eigenvalue weighted by Crippen LogP contribution is -2.46. The second-order valence-corrected chi connectivity index (χ2v) is 5.89. The van der Waals surface area contributed by atoms with Gasteiger partial charge in [0.2, 0.25) is 0 Å². The first-order valence-corrected chi connectivity index (χ1v) is 8.10. The van der Waals surface area contributed by atoms with Crippen molar-refractivity contribution >= 4 is 5.97 Å². The predicted octanol–water partition coefficient (Wildman–Crippen LogP) is 3.59. The van der Waals surface area contributed by atoms with Crippen LogP contribution in [-0.4, -0.2) is 23.3 Å². The summed E-state index contributed by atoms with van der Waals surface area (Å²) < 4.78 is 5.18. The van der Waals surface area contributed by atoms with E-state index in [0.717, 1.165) is 37.7 Å². The second-order valence-electron chi connectivity index (χ2n) is 5.89. The maximum absolute atomic E-state index is 12.4. The van der Waals surface area contributed by atoms with Crippen LogP contribution < -0.4 is 0 Å². The third kappa shape index (κ3) is 3.29. The van der Waals surface area contributed by atoms with Gasteiger partial charge in [0.25, 0.3) is 0 Å². The molecule has 1 aromatic rings.